The lowest BCUT2D eigenvalue weighted by Crippen LogP contribution is -2.27. The molecule has 18 heavy (non-hydrogen) atoms. The fourth-order valence-electron chi connectivity index (χ4n) is 2.62. The Hall–Kier alpha value is -1.64. The zero-order chi connectivity index (χ0) is 13.0. The number of Topliss-reactive ketones (excluding diaryl/α,β-unsaturated/α-hetero) is 1. The Morgan fingerprint density at radius 2 is 1.83 bits per heavy atom. The number of carbonyl (C=O) groups is 2. The minimum absolute atomic E-state index is 0.0751. The smallest absolute Gasteiger partial charge is 0.309 e. The Bertz CT molecular complexity index is 425. The van der Waals surface area contributed by atoms with Gasteiger partial charge in [-0.2, -0.15) is 0 Å². The summed E-state index contributed by atoms with van der Waals surface area (Å²) in [6.07, 6.45) is 2.48. The topological polar surface area (TPSA) is 43.4 Å². The second-order valence-electron chi connectivity index (χ2n) is 4.63. The molecule has 0 heterocycles. The van der Waals surface area contributed by atoms with Crippen molar-refractivity contribution in [2.75, 3.05) is 6.61 Å². The predicted molar refractivity (Wildman–Crippen MR) is 68.2 cm³/mol. The lowest BCUT2D eigenvalue weighted by Gasteiger charge is -2.16. The first-order chi connectivity index (χ1) is 8.74. The number of hydrogen-bond donors (Lipinski definition) is 0. The van der Waals surface area contributed by atoms with E-state index in [1.54, 1.807) is 6.92 Å². The van der Waals surface area contributed by atoms with Crippen LogP contribution in [0, 0.1) is 11.8 Å². The van der Waals surface area contributed by atoms with Crippen LogP contribution in [0.15, 0.2) is 30.3 Å². The average molecular weight is 246 g/mol. The highest BCUT2D eigenvalue weighted by Gasteiger charge is 2.38. The van der Waals surface area contributed by atoms with E-state index in [0.29, 0.717) is 12.2 Å². The third-order valence-electron chi connectivity index (χ3n) is 3.50. The highest BCUT2D eigenvalue weighted by molar-refractivity contribution is 6.00. The molecule has 1 fully saturated rings. The van der Waals surface area contributed by atoms with E-state index in [-0.39, 0.29) is 23.6 Å². The summed E-state index contributed by atoms with van der Waals surface area (Å²) in [4.78, 5) is 24.2. The molecule has 0 bridgehead atoms. The molecule has 1 aromatic rings. The molecule has 0 N–H and O–H groups in total. The van der Waals surface area contributed by atoms with E-state index in [1.165, 1.54) is 0 Å². The molecule has 0 radical (unpaired) electrons. The van der Waals surface area contributed by atoms with Gasteiger partial charge in [-0.25, -0.2) is 0 Å². The predicted octanol–water partition coefficient (Wildman–Crippen LogP) is 2.85. The van der Waals surface area contributed by atoms with Crippen LogP contribution < -0.4 is 0 Å². The van der Waals surface area contributed by atoms with Crippen LogP contribution in [-0.4, -0.2) is 18.4 Å². The Labute approximate surface area is 107 Å². The molecule has 0 unspecified atom stereocenters. The summed E-state index contributed by atoms with van der Waals surface area (Å²) >= 11 is 0. The van der Waals surface area contributed by atoms with Gasteiger partial charge in [0.05, 0.1) is 12.5 Å². The fraction of sp³-hybridized carbons (Fsp3) is 0.467. The van der Waals surface area contributed by atoms with Crippen LogP contribution in [0.4, 0.5) is 0 Å². The van der Waals surface area contributed by atoms with Gasteiger partial charge in [0.1, 0.15) is 0 Å². The van der Waals surface area contributed by atoms with Crippen molar-refractivity contribution in [3.63, 3.8) is 0 Å². The molecule has 1 aliphatic rings. The Morgan fingerprint density at radius 1 is 1.17 bits per heavy atom. The van der Waals surface area contributed by atoms with Gasteiger partial charge in [0, 0.05) is 11.5 Å². The van der Waals surface area contributed by atoms with Gasteiger partial charge in [-0.05, 0) is 19.8 Å². The summed E-state index contributed by atoms with van der Waals surface area (Å²) in [6.45, 7) is 2.17. The van der Waals surface area contributed by atoms with E-state index in [1.807, 2.05) is 30.3 Å². The van der Waals surface area contributed by atoms with E-state index in [4.69, 9.17) is 4.74 Å². The molecular formula is C15H18O3. The zero-order valence-corrected chi connectivity index (χ0v) is 10.6. The highest BCUT2D eigenvalue weighted by atomic mass is 16.5. The van der Waals surface area contributed by atoms with Crippen LogP contribution in [0.1, 0.15) is 36.5 Å². The molecule has 1 saturated carbocycles. The van der Waals surface area contributed by atoms with Crippen molar-refractivity contribution in [3.05, 3.63) is 35.9 Å². The molecule has 3 heteroatoms. The monoisotopic (exact) mass is 246 g/mol. The Balaban J connectivity index is 2.12. The summed E-state index contributed by atoms with van der Waals surface area (Å²) in [6, 6.07) is 9.20. The van der Waals surface area contributed by atoms with Crippen molar-refractivity contribution in [3.8, 4) is 0 Å². The number of carbonyl (C=O) groups excluding carboxylic acids is 2. The molecule has 0 aromatic heterocycles. The molecule has 1 aliphatic carbocycles. The van der Waals surface area contributed by atoms with Crippen molar-refractivity contribution < 1.29 is 14.3 Å². The third-order valence-corrected chi connectivity index (χ3v) is 3.50. The standard InChI is InChI=1S/C15H18O3/c1-2-18-15(17)13-10-6-9-12(13)14(16)11-7-4-3-5-8-11/h3-5,7-8,12-13H,2,6,9-10H2,1H3/t12-,13-/m0/s1. The van der Waals surface area contributed by atoms with Gasteiger partial charge in [-0.1, -0.05) is 36.8 Å². The van der Waals surface area contributed by atoms with E-state index in [9.17, 15) is 9.59 Å². The number of benzene rings is 1. The van der Waals surface area contributed by atoms with Crippen molar-refractivity contribution in [2.24, 2.45) is 11.8 Å². The van der Waals surface area contributed by atoms with Gasteiger partial charge >= 0.3 is 5.97 Å². The third kappa shape index (κ3) is 2.61. The van der Waals surface area contributed by atoms with Gasteiger partial charge in [-0.3, -0.25) is 9.59 Å². The molecule has 0 spiro atoms. The van der Waals surface area contributed by atoms with Gasteiger partial charge in [-0.15, -0.1) is 0 Å². The molecule has 3 nitrogen and oxygen atoms in total. The minimum atomic E-state index is -0.252. The molecule has 1 aromatic carbocycles. The normalized spacial score (nSPS) is 22.7. The highest BCUT2D eigenvalue weighted by Crippen LogP contribution is 2.35. The van der Waals surface area contributed by atoms with Crippen molar-refractivity contribution >= 4 is 11.8 Å². The Morgan fingerprint density at radius 3 is 2.50 bits per heavy atom. The molecule has 0 amide bonds. The summed E-state index contributed by atoms with van der Waals surface area (Å²) < 4.78 is 5.05. The number of ether oxygens (including phenoxy) is 1. The van der Waals surface area contributed by atoms with Gasteiger partial charge in [0.15, 0.2) is 5.78 Å². The molecule has 2 rings (SSSR count). The maximum absolute atomic E-state index is 12.4. The fourth-order valence-corrected chi connectivity index (χ4v) is 2.62. The van der Waals surface area contributed by atoms with Crippen LogP contribution in [0.3, 0.4) is 0 Å². The zero-order valence-electron chi connectivity index (χ0n) is 10.6. The first-order valence-electron chi connectivity index (χ1n) is 6.50. The lowest BCUT2D eigenvalue weighted by atomic mass is 9.88. The van der Waals surface area contributed by atoms with E-state index in [2.05, 4.69) is 0 Å². The van der Waals surface area contributed by atoms with Crippen LogP contribution in [0.5, 0.6) is 0 Å². The summed E-state index contributed by atoms with van der Waals surface area (Å²) in [5.41, 5.74) is 0.693. The van der Waals surface area contributed by atoms with Gasteiger partial charge in [0.25, 0.3) is 0 Å². The number of rotatable bonds is 4. The Kier molecular flexibility index (Phi) is 4.13. The molecule has 2 atom stereocenters. The second kappa shape index (κ2) is 5.80. The van der Waals surface area contributed by atoms with Crippen LogP contribution in [-0.2, 0) is 9.53 Å². The summed E-state index contributed by atoms with van der Waals surface area (Å²) in [5, 5.41) is 0. The average Bonchev–Trinajstić information content (AvgIpc) is 2.88. The van der Waals surface area contributed by atoms with Crippen molar-refractivity contribution in [1.29, 1.82) is 0 Å². The van der Waals surface area contributed by atoms with E-state index in [0.717, 1.165) is 19.3 Å². The molecule has 0 aliphatic heterocycles. The van der Waals surface area contributed by atoms with Gasteiger partial charge < -0.3 is 4.74 Å². The van der Waals surface area contributed by atoms with Crippen molar-refractivity contribution in [1.82, 2.24) is 0 Å². The molecule has 96 valence electrons. The number of hydrogen-bond acceptors (Lipinski definition) is 3. The minimum Gasteiger partial charge on any atom is -0.466 e. The first kappa shape index (κ1) is 12.8. The molecular weight excluding hydrogens is 228 g/mol. The number of ketones is 1. The largest absolute Gasteiger partial charge is 0.466 e. The maximum Gasteiger partial charge on any atom is 0.309 e. The van der Waals surface area contributed by atoms with Gasteiger partial charge in [0.2, 0.25) is 0 Å². The summed E-state index contributed by atoms with van der Waals surface area (Å²) in [5.74, 6) is -0.598. The van der Waals surface area contributed by atoms with Crippen LogP contribution in [0.2, 0.25) is 0 Å². The first-order valence-corrected chi connectivity index (χ1v) is 6.50. The lowest BCUT2D eigenvalue weighted by molar-refractivity contribution is -0.148. The second-order valence-corrected chi connectivity index (χ2v) is 4.63. The quantitative estimate of drug-likeness (QED) is 0.606. The van der Waals surface area contributed by atoms with Crippen molar-refractivity contribution in [2.45, 2.75) is 26.2 Å². The van der Waals surface area contributed by atoms with Crippen LogP contribution >= 0.6 is 0 Å². The maximum atomic E-state index is 12.4. The molecule has 0 saturated heterocycles. The number of esters is 1. The SMILES string of the molecule is CCOC(=O)[C@H]1CCC[C@@H]1C(=O)c1ccccc1. The van der Waals surface area contributed by atoms with E-state index < -0.39 is 0 Å². The van der Waals surface area contributed by atoms with Crippen LogP contribution in [0.25, 0.3) is 0 Å². The van der Waals surface area contributed by atoms with E-state index >= 15 is 0 Å². The summed E-state index contributed by atoms with van der Waals surface area (Å²) in [7, 11) is 0.